The summed E-state index contributed by atoms with van der Waals surface area (Å²) >= 11 is 3.40. The topological polar surface area (TPSA) is 54.5 Å². The Hall–Kier alpha value is -2.36. The number of thioether (sulfide) groups is 1. The van der Waals surface area contributed by atoms with Crippen molar-refractivity contribution in [3.63, 3.8) is 0 Å². The van der Waals surface area contributed by atoms with Gasteiger partial charge in [0.1, 0.15) is 0 Å². The van der Waals surface area contributed by atoms with E-state index in [4.69, 9.17) is 5.26 Å². The lowest BCUT2D eigenvalue weighted by atomic mass is 10.2. The molecule has 0 saturated heterocycles. The van der Waals surface area contributed by atoms with Gasteiger partial charge in [0.25, 0.3) is 0 Å². The van der Waals surface area contributed by atoms with E-state index in [-0.39, 0.29) is 0 Å². The van der Waals surface area contributed by atoms with Crippen LogP contribution in [0.25, 0.3) is 21.3 Å². The molecule has 0 N–H and O–H groups in total. The van der Waals surface area contributed by atoms with Gasteiger partial charge in [0, 0.05) is 6.54 Å². The summed E-state index contributed by atoms with van der Waals surface area (Å²) in [5, 5.41) is 8.97. The number of nitriles is 1. The van der Waals surface area contributed by atoms with E-state index >= 15 is 0 Å². The number of hydrogen-bond donors (Lipinski definition) is 0. The molecule has 0 saturated carbocycles. The highest BCUT2D eigenvalue weighted by atomic mass is 32.2. The first-order chi connectivity index (χ1) is 11.3. The van der Waals surface area contributed by atoms with Crippen molar-refractivity contribution in [2.75, 3.05) is 6.26 Å². The van der Waals surface area contributed by atoms with Crippen molar-refractivity contribution in [1.82, 2.24) is 14.5 Å². The summed E-state index contributed by atoms with van der Waals surface area (Å²) in [4.78, 5) is 8.97. The molecule has 4 nitrogen and oxygen atoms in total. The zero-order valence-corrected chi connectivity index (χ0v) is 14.0. The van der Waals surface area contributed by atoms with Gasteiger partial charge in [0.05, 0.1) is 39.2 Å². The van der Waals surface area contributed by atoms with Crippen LogP contribution in [0.2, 0.25) is 0 Å². The Kier molecular flexibility index (Phi) is 3.52. The molecule has 23 heavy (non-hydrogen) atoms. The van der Waals surface area contributed by atoms with Crippen molar-refractivity contribution in [3.8, 4) is 6.07 Å². The van der Waals surface area contributed by atoms with Gasteiger partial charge in [-0.05, 0) is 42.2 Å². The molecule has 0 aliphatic rings. The van der Waals surface area contributed by atoms with Gasteiger partial charge in [-0.25, -0.2) is 9.97 Å². The molecule has 4 aromatic rings. The molecule has 0 spiro atoms. The number of nitrogens with zero attached hydrogens (tertiary/aromatic N) is 4. The lowest BCUT2D eigenvalue weighted by molar-refractivity contribution is 0.826. The fourth-order valence-corrected chi connectivity index (χ4v) is 4.14. The predicted molar refractivity (Wildman–Crippen MR) is 95.0 cm³/mol. The van der Waals surface area contributed by atoms with Crippen molar-refractivity contribution in [1.29, 1.82) is 5.26 Å². The van der Waals surface area contributed by atoms with Crippen LogP contribution in [-0.2, 0) is 6.54 Å². The van der Waals surface area contributed by atoms with Crippen molar-refractivity contribution in [2.24, 2.45) is 0 Å². The molecule has 0 atom stereocenters. The molecule has 4 rings (SSSR count). The highest BCUT2D eigenvalue weighted by Gasteiger charge is 2.07. The lowest BCUT2D eigenvalue weighted by Crippen LogP contribution is -1.97. The van der Waals surface area contributed by atoms with E-state index in [1.54, 1.807) is 23.1 Å². The van der Waals surface area contributed by atoms with E-state index in [0.29, 0.717) is 5.56 Å². The first-order valence-corrected chi connectivity index (χ1v) is 9.09. The molecule has 0 radical (unpaired) electrons. The number of fused-ring (bicyclic) bond motifs is 2. The van der Waals surface area contributed by atoms with E-state index < -0.39 is 0 Å². The minimum atomic E-state index is 0.637. The van der Waals surface area contributed by atoms with Gasteiger partial charge in [0.15, 0.2) is 4.34 Å². The van der Waals surface area contributed by atoms with E-state index in [1.165, 1.54) is 10.3 Å². The van der Waals surface area contributed by atoms with Gasteiger partial charge in [-0.15, -0.1) is 11.3 Å². The number of imidazole rings is 1. The molecule has 2 aromatic heterocycles. The van der Waals surface area contributed by atoms with Gasteiger partial charge in [-0.2, -0.15) is 5.26 Å². The maximum atomic E-state index is 8.97. The Morgan fingerprint density at radius 2 is 2.13 bits per heavy atom. The molecule has 2 aromatic carbocycles. The van der Waals surface area contributed by atoms with E-state index in [0.717, 1.165) is 27.4 Å². The van der Waals surface area contributed by atoms with Crippen LogP contribution in [0.1, 0.15) is 11.1 Å². The van der Waals surface area contributed by atoms with Crippen LogP contribution < -0.4 is 0 Å². The third kappa shape index (κ3) is 2.58. The quantitative estimate of drug-likeness (QED) is 0.524. The fraction of sp³-hybridized carbons (Fsp3) is 0.118. The summed E-state index contributed by atoms with van der Waals surface area (Å²) in [7, 11) is 0. The third-order valence-corrected chi connectivity index (χ3v) is 5.71. The van der Waals surface area contributed by atoms with E-state index in [2.05, 4.69) is 38.8 Å². The molecular formula is C17H12N4S2. The molecule has 0 amide bonds. The highest BCUT2D eigenvalue weighted by molar-refractivity contribution is 8.00. The van der Waals surface area contributed by atoms with Gasteiger partial charge >= 0.3 is 0 Å². The monoisotopic (exact) mass is 336 g/mol. The maximum absolute atomic E-state index is 8.97. The molecule has 112 valence electrons. The minimum absolute atomic E-state index is 0.637. The molecule has 2 heterocycles. The van der Waals surface area contributed by atoms with Gasteiger partial charge in [-0.3, -0.25) is 0 Å². The number of aromatic nitrogens is 3. The van der Waals surface area contributed by atoms with Gasteiger partial charge < -0.3 is 4.57 Å². The number of rotatable bonds is 3. The van der Waals surface area contributed by atoms with Gasteiger partial charge in [-0.1, -0.05) is 17.8 Å². The van der Waals surface area contributed by atoms with Crippen molar-refractivity contribution < 1.29 is 0 Å². The average molecular weight is 336 g/mol. The van der Waals surface area contributed by atoms with Crippen LogP contribution in [0.15, 0.2) is 47.1 Å². The minimum Gasteiger partial charge on any atom is -0.326 e. The summed E-state index contributed by atoms with van der Waals surface area (Å²) in [6.45, 7) is 0.755. The molecular weight excluding hydrogens is 324 g/mol. The molecule has 0 bridgehead atoms. The Morgan fingerprint density at radius 3 is 2.96 bits per heavy atom. The molecule has 6 heteroatoms. The second-order valence-corrected chi connectivity index (χ2v) is 7.26. The molecule has 0 fully saturated rings. The van der Waals surface area contributed by atoms with Crippen molar-refractivity contribution in [2.45, 2.75) is 10.9 Å². The van der Waals surface area contributed by atoms with E-state index in [9.17, 15) is 0 Å². The zero-order chi connectivity index (χ0) is 15.8. The highest BCUT2D eigenvalue weighted by Crippen LogP contribution is 2.29. The summed E-state index contributed by atoms with van der Waals surface area (Å²) in [5.41, 5.74) is 4.80. The Labute approximate surface area is 141 Å². The van der Waals surface area contributed by atoms with Crippen LogP contribution in [-0.4, -0.2) is 20.8 Å². The van der Waals surface area contributed by atoms with Crippen LogP contribution in [0.5, 0.6) is 0 Å². The summed E-state index contributed by atoms with van der Waals surface area (Å²) in [5.74, 6) is 0. The van der Waals surface area contributed by atoms with Crippen LogP contribution in [0.4, 0.5) is 0 Å². The van der Waals surface area contributed by atoms with Crippen molar-refractivity contribution in [3.05, 3.63) is 53.9 Å². The van der Waals surface area contributed by atoms with Gasteiger partial charge in [0.2, 0.25) is 0 Å². The molecule has 0 unspecified atom stereocenters. The largest absolute Gasteiger partial charge is 0.326 e. The maximum Gasteiger partial charge on any atom is 0.150 e. The Bertz CT molecular complexity index is 1060. The molecule has 0 aliphatic carbocycles. The standard InChI is InChI=1S/C17H12N4S2/c1-22-17-20-13-4-2-12(7-16(13)23-17)9-21-10-19-14-6-11(8-18)3-5-15(14)21/h2-7,10H,9H2,1H3. The summed E-state index contributed by atoms with van der Waals surface area (Å²) < 4.78 is 4.41. The van der Waals surface area contributed by atoms with Crippen LogP contribution >= 0.6 is 23.1 Å². The molecule has 0 aliphatic heterocycles. The lowest BCUT2D eigenvalue weighted by Gasteiger charge is -2.04. The Balaban J connectivity index is 1.71. The smallest absolute Gasteiger partial charge is 0.150 e. The fourth-order valence-electron chi connectivity index (χ4n) is 2.59. The average Bonchev–Trinajstić information content (AvgIpc) is 3.17. The normalized spacial score (nSPS) is 11.1. The first kappa shape index (κ1) is 14.2. The predicted octanol–water partition coefficient (Wildman–Crippen LogP) is 4.29. The number of thiazole rings is 1. The third-order valence-electron chi connectivity index (χ3n) is 3.71. The van der Waals surface area contributed by atoms with Crippen LogP contribution in [0.3, 0.4) is 0 Å². The second-order valence-electron chi connectivity index (χ2n) is 5.17. The summed E-state index contributed by atoms with van der Waals surface area (Å²) in [6.07, 6.45) is 3.88. The van der Waals surface area contributed by atoms with E-state index in [1.807, 2.05) is 30.8 Å². The SMILES string of the molecule is CSc1nc2ccc(Cn3cnc4cc(C#N)ccc43)cc2s1. The first-order valence-electron chi connectivity index (χ1n) is 7.05. The Morgan fingerprint density at radius 1 is 1.22 bits per heavy atom. The second kappa shape index (κ2) is 5.69. The van der Waals surface area contributed by atoms with Crippen molar-refractivity contribution >= 4 is 44.3 Å². The number of hydrogen-bond acceptors (Lipinski definition) is 5. The number of benzene rings is 2. The summed E-state index contributed by atoms with van der Waals surface area (Å²) in [6, 6.07) is 14.1. The zero-order valence-electron chi connectivity index (χ0n) is 12.4. The van der Waals surface area contributed by atoms with Crippen LogP contribution in [0, 0.1) is 11.3 Å².